The van der Waals surface area contributed by atoms with Crippen molar-refractivity contribution in [1.82, 2.24) is 10.2 Å². The first kappa shape index (κ1) is 30.8. The maximum absolute atomic E-state index is 13.6. The highest BCUT2D eigenvalue weighted by atomic mass is 16.5. The lowest BCUT2D eigenvalue weighted by atomic mass is 9.89. The number of alkyl carbamates (subject to hydrolysis) is 1. The Morgan fingerprint density at radius 2 is 1.87 bits per heavy atom. The van der Waals surface area contributed by atoms with Gasteiger partial charge in [-0.3, -0.25) is 19.4 Å². The van der Waals surface area contributed by atoms with Crippen LogP contribution in [0.2, 0.25) is 0 Å². The highest BCUT2D eigenvalue weighted by molar-refractivity contribution is 5.95. The summed E-state index contributed by atoms with van der Waals surface area (Å²) >= 11 is 0. The first-order valence-corrected chi connectivity index (χ1v) is 13.5. The number of nitrogens with one attached hydrogen (secondary N) is 1. The van der Waals surface area contributed by atoms with Crippen LogP contribution >= 0.6 is 0 Å². The van der Waals surface area contributed by atoms with Crippen LogP contribution in [-0.4, -0.2) is 59.6 Å². The third-order valence-electron chi connectivity index (χ3n) is 6.67. The van der Waals surface area contributed by atoms with Gasteiger partial charge in [0.1, 0.15) is 18.4 Å². The molecule has 1 aliphatic heterocycles. The van der Waals surface area contributed by atoms with Gasteiger partial charge < -0.3 is 26.4 Å². The van der Waals surface area contributed by atoms with Crippen LogP contribution in [0.4, 0.5) is 4.79 Å². The second kappa shape index (κ2) is 15.7. The molecular weight excluding hydrogens is 486 g/mol. The van der Waals surface area contributed by atoms with Gasteiger partial charge in [0.05, 0.1) is 6.04 Å². The second-order valence-corrected chi connectivity index (χ2v) is 10.2. The van der Waals surface area contributed by atoms with Crippen LogP contribution in [0.5, 0.6) is 0 Å². The summed E-state index contributed by atoms with van der Waals surface area (Å²) < 4.78 is 5.33. The molecule has 0 aliphatic carbocycles. The monoisotopic (exact) mass is 529 g/mol. The van der Waals surface area contributed by atoms with Crippen molar-refractivity contribution < 1.29 is 23.9 Å². The molecule has 1 saturated heterocycles. The maximum atomic E-state index is 13.6. The normalized spacial score (nSPS) is 16.5. The zero-order chi connectivity index (χ0) is 28.1. The van der Waals surface area contributed by atoms with Crippen LogP contribution in [-0.2, 0) is 25.7 Å². The highest BCUT2D eigenvalue weighted by Crippen LogP contribution is 2.25. The number of hydrogen-bond donors (Lipinski definition) is 3. The average Bonchev–Trinajstić information content (AvgIpc) is 3.38. The summed E-state index contributed by atoms with van der Waals surface area (Å²) in [6, 6.07) is 7.87. The Balaban J connectivity index is 2.04. The molecular formula is C28H43N5O5. The highest BCUT2D eigenvalue weighted by Gasteiger charge is 2.38. The molecule has 0 spiro atoms. The van der Waals surface area contributed by atoms with E-state index in [0.29, 0.717) is 51.6 Å². The van der Waals surface area contributed by atoms with Crippen LogP contribution in [0.1, 0.15) is 71.3 Å². The number of Topliss-reactive ketones (excluding diaryl/α,β-unsaturated/α-hetero) is 2. The van der Waals surface area contributed by atoms with Gasteiger partial charge in [-0.1, -0.05) is 51.1 Å². The van der Waals surface area contributed by atoms with Crippen molar-refractivity contribution in [1.29, 1.82) is 0 Å². The summed E-state index contributed by atoms with van der Waals surface area (Å²) in [6.07, 6.45) is 2.46. The summed E-state index contributed by atoms with van der Waals surface area (Å²) in [5.41, 5.74) is 11.6. The van der Waals surface area contributed by atoms with Crippen LogP contribution < -0.4 is 16.8 Å². The van der Waals surface area contributed by atoms with Gasteiger partial charge in [0.2, 0.25) is 5.91 Å². The van der Waals surface area contributed by atoms with Crippen molar-refractivity contribution >= 4 is 29.5 Å². The lowest BCUT2D eigenvalue weighted by molar-refractivity contribution is -0.140. The molecule has 10 heteroatoms. The van der Waals surface area contributed by atoms with E-state index < -0.39 is 24.1 Å². The molecule has 2 amide bonds. The molecule has 3 atom stereocenters. The second-order valence-electron chi connectivity index (χ2n) is 10.2. The zero-order valence-electron chi connectivity index (χ0n) is 22.9. The van der Waals surface area contributed by atoms with Crippen molar-refractivity contribution in [2.24, 2.45) is 28.3 Å². The van der Waals surface area contributed by atoms with E-state index in [9.17, 15) is 19.2 Å². The topological polar surface area (TPSA) is 157 Å². The Morgan fingerprint density at radius 3 is 2.50 bits per heavy atom. The number of carbonyl (C=O) groups excluding carboxylic acids is 4. The average molecular weight is 530 g/mol. The molecule has 0 aromatic heterocycles. The van der Waals surface area contributed by atoms with Crippen LogP contribution in [0.15, 0.2) is 35.3 Å². The Morgan fingerprint density at radius 1 is 1.16 bits per heavy atom. The molecule has 1 aromatic carbocycles. The summed E-state index contributed by atoms with van der Waals surface area (Å²) in [4.78, 5) is 57.5. The van der Waals surface area contributed by atoms with Gasteiger partial charge in [-0.25, -0.2) is 4.79 Å². The largest absolute Gasteiger partial charge is 0.445 e. The van der Waals surface area contributed by atoms with Crippen molar-refractivity contribution in [2.45, 2.75) is 84.4 Å². The number of guanidine groups is 1. The number of nitrogens with zero attached hydrogens (tertiary/aromatic N) is 2. The number of ketones is 2. The molecule has 0 bridgehead atoms. The van der Waals surface area contributed by atoms with Crippen molar-refractivity contribution in [3.05, 3.63) is 35.9 Å². The summed E-state index contributed by atoms with van der Waals surface area (Å²) in [5, 5.41) is 2.72. The SMILES string of the molecule is CCC(=O)[C@H](CCCN=C(N)N)CC(=O)[C@@H]1CCCN1C(=O)[C@H](CC(C)C)NC(=O)OCc1ccccc1. The minimum Gasteiger partial charge on any atom is -0.445 e. The number of carbonyl (C=O) groups is 4. The fourth-order valence-corrected chi connectivity index (χ4v) is 4.76. The van der Waals surface area contributed by atoms with E-state index in [0.717, 1.165) is 5.56 Å². The van der Waals surface area contributed by atoms with Gasteiger partial charge in [-0.2, -0.15) is 0 Å². The molecule has 0 saturated carbocycles. The van der Waals surface area contributed by atoms with Gasteiger partial charge in [-0.05, 0) is 43.6 Å². The standard InChI is InChI=1S/C28H43N5O5/c1-4-24(34)21(12-8-14-31-27(29)30)17-25(35)23-13-9-15-33(23)26(36)22(16-19(2)3)32-28(37)38-18-20-10-6-5-7-11-20/h5-7,10-11,19,21-23H,4,8-9,12-18H2,1-3H3,(H,32,37)(H4,29,30,31)/t21-,22+,23+/m1/s1. The smallest absolute Gasteiger partial charge is 0.408 e. The van der Waals surface area contributed by atoms with Gasteiger partial charge in [0.25, 0.3) is 0 Å². The van der Waals surface area contributed by atoms with E-state index >= 15 is 0 Å². The molecule has 1 heterocycles. The zero-order valence-corrected chi connectivity index (χ0v) is 22.9. The maximum Gasteiger partial charge on any atom is 0.408 e. The summed E-state index contributed by atoms with van der Waals surface area (Å²) in [7, 11) is 0. The number of rotatable bonds is 15. The number of aliphatic imine (C=N–C) groups is 1. The molecule has 210 valence electrons. The van der Waals surface area contributed by atoms with E-state index in [1.807, 2.05) is 44.2 Å². The number of ether oxygens (including phenoxy) is 1. The first-order valence-electron chi connectivity index (χ1n) is 13.5. The van der Waals surface area contributed by atoms with E-state index in [2.05, 4.69) is 10.3 Å². The van der Waals surface area contributed by atoms with Gasteiger partial charge in [0, 0.05) is 31.8 Å². The molecule has 5 N–H and O–H groups in total. The van der Waals surface area contributed by atoms with Gasteiger partial charge in [-0.15, -0.1) is 0 Å². The Kier molecular flexibility index (Phi) is 12.8. The lowest BCUT2D eigenvalue weighted by Crippen LogP contribution is -2.52. The number of amides is 2. The predicted molar refractivity (Wildman–Crippen MR) is 146 cm³/mol. The predicted octanol–water partition coefficient (Wildman–Crippen LogP) is 2.93. The van der Waals surface area contributed by atoms with Crippen molar-refractivity contribution in [3.63, 3.8) is 0 Å². The minimum absolute atomic E-state index is 0.00642. The van der Waals surface area contributed by atoms with Crippen LogP contribution in [0.25, 0.3) is 0 Å². The molecule has 2 rings (SSSR count). The quantitative estimate of drug-likeness (QED) is 0.179. The molecule has 1 fully saturated rings. The summed E-state index contributed by atoms with van der Waals surface area (Å²) in [6.45, 7) is 6.62. The molecule has 38 heavy (non-hydrogen) atoms. The molecule has 0 unspecified atom stereocenters. The summed E-state index contributed by atoms with van der Waals surface area (Å²) in [5.74, 6) is -0.715. The van der Waals surface area contributed by atoms with Gasteiger partial charge in [0.15, 0.2) is 11.7 Å². The van der Waals surface area contributed by atoms with E-state index in [1.54, 1.807) is 11.8 Å². The molecule has 0 radical (unpaired) electrons. The third kappa shape index (κ3) is 10.1. The van der Waals surface area contributed by atoms with Gasteiger partial charge >= 0.3 is 6.09 Å². The lowest BCUT2D eigenvalue weighted by Gasteiger charge is -2.30. The third-order valence-corrected chi connectivity index (χ3v) is 6.67. The first-order chi connectivity index (χ1) is 18.1. The minimum atomic E-state index is -0.806. The fraction of sp³-hybridized carbons (Fsp3) is 0.607. The van der Waals surface area contributed by atoms with E-state index in [4.69, 9.17) is 16.2 Å². The van der Waals surface area contributed by atoms with Crippen molar-refractivity contribution in [3.8, 4) is 0 Å². The molecule has 10 nitrogen and oxygen atoms in total. The molecule has 1 aromatic rings. The number of likely N-dealkylation sites (tertiary alicyclic amines) is 1. The fourth-order valence-electron chi connectivity index (χ4n) is 4.76. The van der Waals surface area contributed by atoms with Crippen LogP contribution in [0.3, 0.4) is 0 Å². The van der Waals surface area contributed by atoms with Crippen LogP contribution in [0, 0.1) is 11.8 Å². The van der Waals surface area contributed by atoms with Crippen molar-refractivity contribution in [2.75, 3.05) is 13.1 Å². The van der Waals surface area contributed by atoms with E-state index in [-0.39, 0.29) is 42.4 Å². The Labute approximate surface area is 225 Å². The molecule has 1 aliphatic rings. The number of nitrogens with two attached hydrogens (primary N) is 2. The Hall–Kier alpha value is -3.43. The number of benzene rings is 1. The number of hydrogen-bond acceptors (Lipinski definition) is 6. The van der Waals surface area contributed by atoms with E-state index in [1.165, 1.54) is 0 Å². The Bertz CT molecular complexity index is 962.